The lowest BCUT2D eigenvalue weighted by Crippen LogP contribution is -2.58. The van der Waals surface area contributed by atoms with Crippen LogP contribution >= 0.6 is 0 Å². The summed E-state index contributed by atoms with van der Waals surface area (Å²) in [5.41, 5.74) is 32.9. The molecule has 9 amide bonds. The standard InChI is InChI=1S/C43H77N15O11/c1-25(2)22-30(37(63)55-29(42(68)69)15-16-33(47)59)56-36(62)26(10-3-5-17-44)52-35(61)24-51-38(64)31-13-8-20-57(31)41(67)28(11-4-6-18-45)54-39(65)32-14-9-21-58(32)40(66)27(53-34(60)23-46)12-7-19-50-43(48)49/h25-32H,3-24,44-46H2,1-2H3,(H2,47,59)(H,51,64)(H,52,61)(H,53,60)(H,54,65)(H,55,63)(H,56,62)(H,68,69)(H4,48,49,50)/t26-,27-,28-,29-,30-,31-,32-/m0/s1. The van der Waals surface area contributed by atoms with Gasteiger partial charge in [-0.3, -0.25) is 48.1 Å². The number of guanidine groups is 1. The Morgan fingerprint density at radius 2 is 1.12 bits per heavy atom. The number of nitrogens with zero attached hydrogens (tertiary/aromatic N) is 3. The predicted molar refractivity (Wildman–Crippen MR) is 252 cm³/mol. The van der Waals surface area contributed by atoms with Gasteiger partial charge in [-0.05, 0) is 109 Å². The summed E-state index contributed by atoms with van der Waals surface area (Å²) < 4.78 is 0. The molecule has 0 aromatic rings. The first-order valence-corrected chi connectivity index (χ1v) is 23.8. The van der Waals surface area contributed by atoms with Crippen molar-refractivity contribution in [3.8, 4) is 0 Å². The molecule has 0 bridgehead atoms. The largest absolute Gasteiger partial charge is 0.480 e. The molecule has 19 N–H and O–H groups in total. The number of nitrogens with two attached hydrogens (primary N) is 6. The van der Waals surface area contributed by atoms with Crippen molar-refractivity contribution in [2.75, 3.05) is 45.8 Å². The minimum atomic E-state index is -1.45. The second-order valence-electron chi connectivity index (χ2n) is 17.7. The van der Waals surface area contributed by atoms with Gasteiger partial charge in [0.15, 0.2) is 5.96 Å². The van der Waals surface area contributed by atoms with E-state index in [4.69, 9.17) is 34.4 Å². The summed E-state index contributed by atoms with van der Waals surface area (Å²) in [6.07, 6.45) is 3.69. The van der Waals surface area contributed by atoms with Crippen LogP contribution in [-0.4, -0.2) is 168 Å². The fourth-order valence-corrected chi connectivity index (χ4v) is 8.12. The van der Waals surface area contributed by atoms with Gasteiger partial charge in [0.2, 0.25) is 53.2 Å². The van der Waals surface area contributed by atoms with Gasteiger partial charge >= 0.3 is 5.97 Å². The predicted octanol–water partition coefficient (Wildman–Crippen LogP) is -4.82. The number of unbranched alkanes of at least 4 members (excludes halogenated alkanes) is 2. The van der Waals surface area contributed by atoms with Crippen LogP contribution in [0.4, 0.5) is 0 Å². The molecule has 0 radical (unpaired) electrons. The van der Waals surface area contributed by atoms with E-state index in [1.54, 1.807) is 13.8 Å². The SMILES string of the molecule is CC(C)C[C@H](NC(=O)[C@H](CCCCN)NC(=O)CNC(=O)[C@@H]1CCCN1C(=O)[C@H](CCCCN)NC(=O)[C@@H]1CCCN1C(=O)[C@H](CCCN=C(N)N)NC(=O)CN)C(=O)N[C@@H](CCC(N)=O)C(=O)O. The first-order valence-electron chi connectivity index (χ1n) is 23.8. The number of primary amides is 1. The summed E-state index contributed by atoms with van der Waals surface area (Å²) in [4.78, 5) is 138. The molecule has 0 saturated carbocycles. The van der Waals surface area contributed by atoms with Crippen LogP contribution < -0.4 is 66.3 Å². The molecule has 2 aliphatic rings. The van der Waals surface area contributed by atoms with Crippen molar-refractivity contribution in [2.24, 2.45) is 45.3 Å². The van der Waals surface area contributed by atoms with Crippen LogP contribution in [0, 0.1) is 5.92 Å². The number of rotatable bonds is 32. The first-order chi connectivity index (χ1) is 32.7. The van der Waals surface area contributed by atoms with E-state index in [0.29, 0.717) is 64.5 Å². The number of carbonyl (C=O) groups is 10. The zero-order valence-corrected chi connectivity index (χ0v) is 40.0. The highest BCUT2D eigenvalue weighted by Gasteiger charge is 2.42. The molecular weight excluding hydrogens is 903 g/mol. The third-order valence-electron chi connectivity index (χ3n) is 11.7. The summed E-state index contributed by atoms with van der Waals surface area (Å²) >= 11 is 0. The van der Waals surface area contributed by atoms with Crippen LogP contribution in [0.2, 0.25) is 0 Å². The molecule has 26 heteroatoms. The maximum absolute atomic E-state index is 14.2. The Labute approximate surface area is 402 Å². The maximum atomic E-state index is 14.2. The Balaban J connectivity index is 2.19. The van der Waals surface area contributed by atoms with Gasteiger partial charge in [0.05, 0.1) is 13.1 Å². The fourth-order valence-electron chi connectivity index (χ4n) is 8.12. The topological polar surface area (TPSA) is 438 Å². The van der Waals surface area contributed by atoms with Crippen molar-refractivity contribution in [1.82, 2.24) is 41.7 Å². The van der Waals surface area contributed by atoms with Crippen LogP contribution in [0.15, 0.2) is 4.99 Å². The van der Waals surface area contributed by atoms with Crippen LogP contribution in [0.3, 0.4) is 0 Å². The van der Waals surface area contributed by atoms with E-state index in [-0.39, 0.29) is 83.0 Å². The van der Waals surface area contributed by atoms with Gasteiger partial charge in [-0.15, -0.1) is 0 Å². The number of aliphatic imine (C=N–C) groups is 1. The summed E-state index contributed by atoms with van der Waals surface area (Å²) in [5.74, 6) is -7.57. The fraction of sp³-hybridized carbons (Fsp3) is 0.744. The number of carboxylic acid groups (broad SMARTS) is 1. The molecular formula is C43H77N15O11. The molecule has 7 atom stereocenters. The molecule has 2 fully saturated rings. The molecule has 2 rings (SSSR count). The van der Waals surface area contributed by atoms with Gasteiger partial charge in [-0.2, -0.15) is 0 Å². The van der Waals surface area contributed by atoms with Crippen molar-refractivity contribution in [2.45, 2.75) is 152 Å². The molecule has 26 nitrogen and oxygen atoms in total. The van der Waals surface area contributed by atoms with E-state index in [1.165, 1.54) is 9.80 Å². The van der Waals surface area contributed by atoms with Gasteiger partial charge < -0.3 is 81.2 Å². The normalized spacial score (nSPS) is 17.7. The third kappa shape index (κ3) is 20.9. The molecule has 0 aromatic heterocycles. The zero-order valence-electron chi connectivity index (χ0n) is 40.0. The minimum Gasteiger partial charge on any atom is -0.480 e. The van der Waals surface area contributed by atoms with E-state index in [1.807, 2.05) is 0 Å². The molecule has 0 aromatic carbocycles. The Morgan fingerprint density at radius 3 is 1.64 bits per heavy atom. The lowest BCUT2D eigenvalue weighted by molar-refractivity contribution is -0.144. The van der Waals surface area contributed by atoms with E-state index in [0.717, 1.165) is 0 Å². The highest BCUT2D eigenvalue weighted by molar-refractivity contribution is 5.97. The van der Waals surface area contributed by atoms with Gasteiger partial charge in [-0.25, -0.2) is 4.79 Å². The molecule has 2 aliphatic heterocycles. The summed E-state index contributed by atoms with van der Waals surface area (Å²) in [5, 5.41) is 25.2. The van der Waals surface area contributed by atoms with Crippen molar-refractivity contribution < 1.29 is 53.1 Å². The molecule has 2 heterocycles. The molecule has 390 valence electrons. The van der Waals surface area contributed by atoms with Crippen LogP contribution in [0.5, 0.6) is 0 Å². The number of aliphatic carboxylic acids is 1. The van der Waals surface area contributed by atoms with Gasteiger partial charge in [-0.1, -0.05) is 13.8 Å². The molecule has 0 spiro atoms. The minimum absolute atomic E-state index is 0.104. The smallest absolute Gasteiger partial charge is 0.326 e. The maximum Gasteiger partial charge on any atom is 0.326 e. The second-order valence-corrected chi connectivity index (χ2v) is 17.7. The van der Waals surface area contributed by atoms with Gasteiger partial charge in [0, 0.05) is 26.1 Å². The highest BCUT2D eigenvalue weighted by atomic mass is 16.4. The van der Waals surface area contributed by atoms with E-state index in [2.05, 4.69) is 36.9 Å². The Kier molecular flexibility index (Phi) is 26.6. The quantitative estimate of drug-likeness (QED) is 0.0171. The monoisotopic (exact) mass is 980 g/mol. The molecule has 0 aliphatic carbocycles. The highest BCUT2D eigenvalue weighted by Crippen LogP contribution is 2.23. The molecule has 2 saturated heterocycles. The molecule has 69 heavy (non-hydrogen) atoms. The number of hydrogen-bond donors (Lipinski definition) is 13. The second kappa shape index (κ2) is 31.1. The third-order valence-corrected chi connectivity index (χ3v) is 11.7. The number of nitrogens with one attached hydrogen (secondary N) is 6. The van der Waals surface area contributed by atoms with Crippen molar-refractivity contribution in [3.05, 3.63) is 0 Å². The van der Waals surface area contributed by atoms with E-state index < -0.39 is 108 Å². The summed E-state index contributed by atoms with van der Waals surface area (Å²) in [6.45, 7) is 3.84. The van der Waals surface area contributed by atoms with Crippen molar-refractivity contribution in [3.63, 3.8) is 0 Å². The first kappa shape index (κ1) is 59.0. The van der Waals surface area contributed by atoms with Crippen LogP contribution in [0.1, 0.15) is 110 Å². The Hall–Kier alpha value is -6.15. The summed E-state index contributed by atoms with van der Waals surface area (Å²) in [7, 11) is 0. The van der Waals surface area contributed by atoms with Crippen LogP contribution in [-0.2, 0) is 47.9 Å². The Bertz CT molecular complexity index is 1800. The average Bonchev–Trinajstić information content (AvgIpc) is 4.00. The van der Waals surface area contributed by atoms with Gasteiger partial charge in [0.1, 0.15) is 42.3 Å². The van der Waals surface area contributed by atoms with E-state index >= 15 is 0 Å². The number of carbonyl (C=O) groups excluding carboxylic acids is 9. The lowest BCUT2D eigenvalue weighted by Gasteiger charge is -2.32. The van der Waals surface area contributed by atoms with Crippen LogP contribution in [0.25, 0.3) is 0 Å². The number of likely N-dealkylation sites (tertiary alicyclic amines) is 2. The average molecular weight is 980 g/mol. The van der Waals surface area contributed by atoms with E-state index in [9.17, 15) is 53.1 Å². The molecule has 0 unspecified atom stereocenters. The van der Waals surface area contributed by atoms with Crippen molar-refractivity contribution in [1.29, 1.82) is 0 Å². The number of amides is 9. The number of hydrogen-bond acceptors (Lipinski definition) is 14. The van der Waals surface area contributed by atoms with Crippen molar-refractivity contribution >= 4 is 65.1 Å². The van der Waals surface area contributed by atoms with Gasteiger partial charge in [0.25, 0.3) is 0 Å². The lowest BCUT2D eigenvalue weighted by atomic mass is 10.0. The number of carboxylic acids is 1. The Morgan fingerprint density at radius 1 is 0.609 bits per heavy atom. The summed E-state index contributed by atoms with van der Waals surface area (Å²) in [6, 6.07) is -7.93. The zero-order chi connectivity index (χ0) is 51.6.